The van der Waals surface area contributed by atoms with E-state index in [0.717, 1.165) is 22.5 Å². The molecule has 1 aromatic heterocycles. The van der Waals surface area contributed by atoms with Gasteiger partial charge in [0.15, 0.2) is 0 Å². The lowest BCUT2D eigenvalue weighted by Gasteiger charge is -2.25. The van der Waals surface area contributed by atoms with E-state index in [9.17, 15) is 9.18 Å². The number of nitrogens with zero attached hydrogens (tertiary/aromatic N) is 3. The maximum absolute atomic E-state index is 13.0. The topological polar surface area (TPSA) is 38.1 Å². The highest BCUT2D eigenvalue weighted by atomic mass is 19.1. The molecule has 23 heavy (non-hydrogen) atoms. The van der Waals surface area contributed by atoms with Crippen LogP contribution in [0.15, 0.2) is 24.3 Å². The van der Waals surface area contributed by atoms with Crippen molar-refractivity contribution in [3.8, 4) is 0 Å². The van der Waals surface area contributed by atoms with Crippen LogP contribution in [0.2, 0.25) is 0 Å². The fourth-order valence-electron chi connectivity index (χ4n) is 2.77. The Balaban J connectivity index is 2.01. The van der Waals surface area contributed by atoms with E-state index in [4.69, 9.17) is 0 Å². The van der Waals surface area contributed by atoms with E-state index in [1.54, 1.807) is 24.1 Å². The Labute approximate surface area is 136 Å². The van der Waals surface area contributed by atoms with Gasteiger partial charge in [-0.1, -0.05) is 12.1 Å². The van der Waals surface area contributed by atoms with Gasteiger partial charge in [-0.2, -0.15) is 5.10 Å². The SMILES string of the molecule is Cc1nn(C)c(C)c1CCC(=O)N(C)C(C)c1ccc(F)cc1. The Bertz CT molecular complexity index is 691. The number of carbonyl (C=O) groups excluding carboxylic acids is 1. The van der Waals surface area contributed by atoms with Crippen molar-refractivity contribution in [3.63, 3.8) is 0 Å². The molecule has 0 saturated carbocycles. The van der Waals surface area contributed by atoms with Crippen molar-refractivity contribution < 1.29 is 9.18 Å². The lowest BCUT2D eigenvalue weighted by atomic mass is 10.0. The molecule has 0 saturated heterocycles. The smallest absolute Gasteiger partial charge is 0.223 e. The fourth-order valence-corrected chi connectivity index (χ4v) is 2.77. The van der Waals surface area contributed by atoms with E-state index in [0.29, 0.717) is 12.8 Å². The van der Waals surface area contributed by atoms with Crippen molar-refractivity contribution in [3.05, 3.63) is 52.6 Å². The number of rotatable bonds is 5. The first kappa shape index (κ1) is 17.2. The number of amides is 1. The second-order valence-corrected chi connectivity index (χ2v) is 6.01. The first-order chi connectivity index (χ1) is 10.8. The van der Waals surface area contributed by atoms with Crippen LogP contribution in [0.3, 0.4) is 0 Å². The number of aromatic nitrogens is 2. The maximum atomic E-state index is 13.0. The molecule has 5 heteroatoms. The van der Waals surface area contributed by atoms with Crippen molar-refractivity contribution in [2.24, 2.45) is 7.05 Å². The van der Waals surface area contributed by atoms with Crippen molar-refractivity contribution in [2.45, 2.75) is 39.7 Å². The third-order valence-corrected chi connectivity index (χ3v) is 4.57. The predicted octanol–water partition coefficient (Wildman–Crippen LogP) is 3.33. The van der Waals surface area contributed by atoms with E-state index in [2.05, 4.69) is 5.10 Å². The molecular formula is C18H24FN3O. The zero-order valence-corrected chi connectivity index (χ0v) is 14.4. The van der Waals surface area contributed by atoms with E-state index < -0.39 is 0 Å². The summed E-state index contributed by atoms with van der Waals surface area (Å²) in [6, 6.07) is 6.21. The zero-order chi connectivity index (χ0) is 17.1. The summed E-state index contributed by atoms with van der Waals surface area (Å²) in [5.41, 5.74) is 4.15. The first-order valence-corrected chi connectivity index (χ1v) is 7.81. The van der Waals surface area contributed by atoms with Crippen molar-refractivity contribution in [2.75, 3.05) is 7.05 Å². The molecule has 2 aromatic rings. The lowest BCUT2D eigenvalue weighted by Crippen LogP contribution is -2.29. The molecule has 2 rings (SSSR count). The van der Waals surface area contributed by atoms with Crippen molar-refractivity contribution >= 4 is 5.91 Å². The Morgan fingerprint density at radius 1 is 1.30 bits per heavy atom. The molecular weight excluding hydrogens is 293 g/mol. The Kier molecular flexibility index (Phi) is 5.19. The van der Waals surface area contributed by atoms with Gasteiger partial charge in [-0.25, -0.2) is 4.39 Å². The number of hydrogen-bond donors (Lipinski definition) is 0. The van der Waals surface area contributed by atoms with Gasteiger partial charge in [-0.15, -0.1) is 0 Å². The van der Waals surface area contributed by atoms with Crippen LogP contribution in [0.4, 0.5) is 4.39 Å². The summed E-state index contributed by atoms with van der Waals surface area (Å²) in [4.78, 5) is 14.2. The summed E-state index contributed by atoms with van der Waals surface area (Å²) < 4.78 is 14.9. The maximum Gasteiger partial charge on any atom is 0.223 e. The fraction of sp³-hybridized carbons (Fsp3) is 0.444. The molecule has 0 N–H and O–H groups in total. The number of hydrogen-bond acceptors (Lipinski definition) is 2. The standard InChI is InChI=1S/C18H24FN3O/c1-12-17(14(3)22(5)20-12)10-11-18(23)21(4)13(2)15-6-8-16(19)9-7-15/h6-9,13H,10-11H2,1-5H3. The summed E-state index contributed by atoms with van der Waals surface area (Å²) in [5.74, 6) is -0.193. The first-order valence-electron chi connectivity index (χ1n) is 7.81. The largest absolute Gasteiger partial charge is 0.339 e. The molecule has 124 valence electrons. The second kappa shape index (κ2) is 6.94. The van der Waals surface area contributed by atoms with Crippen molar-refractivity contribution in [1.29, 1.82) is 0 Å². The van der Waals surface area contributed by atoms with Gasteiger partial charge in [-0.3, -0.25) is 9.48 Å². The quantitative estimate of drug-likeness (QED) is 0.848. The van der Waals surface area contributed by atoms with Gasteiger partial charge in [-0.05, 0) is 50.5 Å². The summed E-state index contributed by atoms with van der Waals surface area (Å²) in [6.45, 7) is 5.94. The molecule has 1 atom stereocenters. The van der Waals surface area contributed by atoms with Gasteiger partial charge in [0.1, 0.15) is 5.82 Å². The minimum absolute atomic E-state index is 0.0736. The Morgan fingerprint density at radius 3 is 2.43 bits per heavy atom. The third kappa shape index (κ3) is 3.78. The number of carbonyl (C=O) groups is 1. The van der Waals surface area contributed by atoms with Gasteiger partial charge in [0.25, 0.3) is 0 Å². The van der Waals surface area contributed by atoms with E-state index >= 15 is 0 Å². The van der Waals surface area contributed by atoms with Gasteiger partial charge >= 0.3 is 0 Å². The van der Waals surface area contributed by atoms with E-state index in [1.165, 1.54) is 12.1 Å². The molecule has 0 radical (unpaired) electrons. The van der Waals surface area contributed by atoms with Crippen molar-refractivity contribution in [1.82, 2.24) is 14.7 Å². The number of halogens is 1. The lowest BCUT2D eigenvalue weighted by molar-refractivity contribution is -0.131. The summed E-state index contributed by atoms with van der Waals surface area (Å²) in [5, 5.41) is 4.38. The summed E-state index contributed by atoms with van der Waals surface area (Å²) >= 11 is 0. The predicted molar refractivity (Wildman–Crippen MR) is 88.6 cm³/mol. The van der Waals surface area contributed by atoms with Crippen LogP contribution in [-0.4, -0.2) is 27.6 Å². The highest BCUT2D eigenvalue weighted by Crippen LogP contribution is 2.21. The van der Waals surface area contributed by atoms with E-state index in [-0.39, 0.29) is 17.8 Å². The van der Waals surface area contributed by atoms with Gasteiger partial charge < -0.3 is 4.90 Å². The molecule has 1 unspecified atom stereocenters. The van der Waals surface area contributed by atoms with Crippen LogP contribution in [-0.2, 0) is 18.3 Å². The van der Waals surface area contributed by atoms with Crippen LogP contribution >= 0.6 is 0 Å². The third-order valence-electron chi connectivity index (χ3n) is 4.57. The average molecular weight is 317 g/mol. The number of aryl methyl sites for hydroxylation is 2. The van der Waals surface area contributed by atoms with Crippen LogP contribution < -0.4 is 0 Å². The van der Waals surface area contributed by atoms with Crippen LogP contribution in [0.25, 0.3) is 0 Å². The van der Waals surface area contributed by atoms with Gasteiger partial charge in [0.05, 0.1) is 11.7 Å². The molecule has 0 aliphatic rings. The highest BCUT2D eigenvalue weighted by molar-refractivity contribution is 5.76. The normalized spacial score (nSPS) is 12.3. The van der Waals surface area contributed by atoms with E-state index in [1.807, 2.05) is 32.5 Å². The van der Waals surface area contributed by atoms with Crippen LogP contribution in [0.5, 0.6) is 0 Å². The number of benzene rings is 1. The molecule has 0 aliphatic carbocycles. The van der Waals surface area contributed by atoms with Crippen LogP contribution in [0.1, 0.15) is 41.9 Å². The molecule has 0 aliphatic heterocycles. The molecule has 0 spiro atoms. The minimum atomic E-state index is -0.266. The molecule has 0 bridgehead atoms. The Morgan fingerprint density at radius 2 is 1.91 bits per heavy atom. The molecule has 1 heterocycles. The molecule has 1 amide bonds. The monoisotopic (exact) mass is 317 g/mol. The highest BCUT2D eigenvalue weighted by Gasteiger charge is 2.18. The average Bonchev–Trinajstić information content (AvgIpc) is 2.77. The summed E-state index contributed by atoms with van der Waals surface area (Å²) in [7, 11) is 3.70. The second-order valence-electron chi connectivity index (χ2n) is 6.01. The molecule has 4 nitrogen and oxygen atoms in total. The van der Waals surface area contributed by atoms with Crippen LogP contribution in [0, 0.1) is 19.7 Å². The van der Waals surface area contributed by atoms with Gasteiger partial charge in [0, 0.05) is 26.2 Å². The minimum Gasteiger partial charge on any atom is -0.339 e. The zero-order valence-electron chi connectivity index (χ0n) is 14.4. The molecule has 1 aromatic carbocycles. The van der Waals surface area contributed by atoms with Gasteiger partial charge in [0.2, 0.25) is 5.91 Å². The molecule has 0 fully saturated rings. The summed E-state index contributed by atoms with van der Waals surface area (Å²) in [6.07, 6.45) is 1.13. The Hall–Kier alpha value is -2.17.